The smallest absolute Gasteiger partial charge is 0.210 e. The minimum atomic E-state index is 0.492. The highest BCUT2D eigenvalue weighted by molar-refractivity contribution is 5.49. The molecule has 0 saturated carbocycles. The molecule has 4 heteroatoms. The summed E-state index contributed by atoms with van der Waals surface area (Å²) in [5.41, 5.74) is 2.25. The molecular weight excluding hydrogens is 240 g/mol. The van der Waals surface area contributed by atoms with Gasteiger partial charge >= 0.3 is 0 Å². The van der Waals surface area contributed by atoms with Gasteiger partial charge in [0.15, 0.2) is 0 Å². The highest BCUT2D eigenvalue weighted by atomic mass is 16.3. The Bertz CT molecular complexity index is 503. The van der Waals surface area contributed by atoms with E-state index in [-0.39, 0.29) is 0 Å². The predicted molar refractivity (Wildman–Crippen MR) is 74.8 cm³/mol. The summed E-state index contributed by atoms with van der Waals surface area (Å²) >= 11 is 0. The number of carbonyl (C=O) groups excluding carboxylic acids is 1. The third-order valence-electron chi connectivity index (χ3n) is 2.93. The van der Waals surface area contributed by atoms with Crippen LogP contribution in [0.4, 0.5) is 5.69 Å². The Labute approximate surface area is 113 Å². The number of rotatable bonds is 6. The maximum absolute atomic E-state index is 11.1. The molecule has 0 aliphatic carbocycles. The Morgan fingerprint density at radius 1 is 1.11 bits per heavy atom. The molecule has 19 heavy (non-hydrogen) atoms. The van der Waals surface area contributed by atoms with E-state index in [1.807, 2.05) is 55.4 Å². The van der Waals surface area contributed by atoms with Crippen molar-refractivity contribution in [2.75, 3.05) is 19.0 Å². The van der Waals surface area contributed by atoms with Crippen LogP contribution in [0.1, 0.15) is 11.3 Å². The zero-order chi connectivity index (χ0) is 13.7. The lowest BCUT2D eigenvalue weighted by atomic mass is 10.2. The standard InChI is InChI=1S/C15H18N2O2/c1-16(2)14-7-5-13(6-8-14)10-17(12-18)11-15-4-3-9-19-15/h3-9,12H,10-11H2,1-2H3. The van der Waals surface area contributed by atoms with Crippen LogP contribution in [0.2, 0.25) is 0 Å². The highest BCUT2D eigenvalue weighted by Gasteiger charge is 2.06. The molecule has 0 aliphatic heterocycles. The molecule has 1 aromatic heterocycles. The van der Waals surface area contributed by atoms with Gasteiger partial charge in [0.05, 0.1) is 12.8 Å². The average molecular weight is 258 g/mol. The van der Waals surface area contributed by atoms with Crippen LogP contribution < -0.4 is 4.90 Å². The molecule has 0 unspecified atom stereocenters. The first-order chi connectivity index (χ1) is 9.19. The summed E-state index contributed by atoms with van der Waals surface area (Å²) in [5, 5.41) is 0. The largest absolute Gasteiger partial charge is 0.467 e. The Balaban J connectivity index is 1.99. The third kappa shape index (κ3) is 3.61. The van der Waals surface area contributed by atoms with Gasteiger partial charge < -0.3 is 14.2 Å². The molecule has 0 N–H and O–H groups in total. The van der Waals surface area contributed by atoms with Gasteiger partial charge in [0, 0.05) is 26.3 Å². The molecule has 1 amide bonds. The van der Waals surface area contributed by atoms with Crippen LogP contribution in [0.15, 0.2) is 47.1 Å². The second-order valence-electron chi connectivity index (χ2n) is 4.65. The van der Waals surface area contributed by atoms with Gasteiger partial charge in [0.1, 0.15) is 5.76 Å². The number of nitrogens with zero attached hydrogens (tertiary/aromatic N) is 2. The predicted octanol–water partition coefficient (Wildman–Crippen LogP) is 2.50. The van der Waals surface area contributed by atoms with E-state index in [4.69, 9.17) is 4.42 Å². The van der Waals surface area contributed by atoms with E-state index in [9.17, 15) is 4.79 Å². The maximum atomic E-state index is 11.1. The fourth-order valence-electron chi connectivity index (χ4n) is 1.87. The molecule has 0 radical (unpaired) electrons. The summed E-state index contributed by atoms with van der Waals surface area (Å²) in [6, 6.07) is 11.9. The lowest BCUT2D eigenvalue weighted by Crippen LogP contribution is -2.20. The fourth-order valence-corrected chi connectivity index (χ4v) is 1.87. The molecule has 2 aromatic rings. The van der Waals surface area contributed by atoms with Crippen molar-refractivity contribution in [3.63, 3.8) is 0 Å². The highest BCUT2D eigenvalue weighted by Crippen LogP contribution is 2.14. The van der Waals surface area contributed by atoms with Crippen molar-refractivity contribution in [2.45, 2.75) is 13.1 Å². The molecule has 0 spiro atoms. The van der Waals surface area contributed by atoms with E-state index in [0.717, 1.165) is 23.4 Å². The van der Waals surface area contributed by atoms with Crippen LogP contribution in [0.25, 0.3) is 0 Å². The molecule has 0 fully saturated rings. The van der Waals surface area contributed by atoms with E-state index >= 15 is 0 Å². The van der Waals surface area contributed by atoms with Crippen molar-refractivity contribution in [1.29, 1.82) is 0 Å². The molecule has 0 atom stereocenters. The summed E-state index contributed by atoms with van der Waals surface area (Å²) < 4.78 is 5.25. The van der Waals surface area contributed by atoms with Crippen LogP contribution in [-0.2, 0) is 17.9 Å². The van der Waals surface area contributed by atoms with Crippen LogP contribution in [-0.4, -0.2) is 25.4 Å². The molecule has 0 aliphatic rings. The van der Waals surface area contributed by atoms with Gasteiger partial charge in [-0.3, -0.25) is 4.79 Å². The molecule has 1 aromatic carbocycles. The Morgan fingerprint density at radius 3 is 2.37 bits per heavy atom. The van der Waals surface area contributed by atoms with Crippen molar-refractivity contribution >= 4 is 12.1 Å². The molecule has 100 valence electrons. The number of anilines is 1. The normalized spacial score (nSPS) is 10.2. The topological polar surface area (TPSA) is 36.7 Å². The summed E-state index contributed by atoms with van der Waals surface area (Å²) in [6.45, 7) is 1.07. The molecule has 1 heterocycles. The van der Waals surface area contributed by atoms with Crippen molar-refractivity contribution in [3.05, 3.63) is 54.0 Å². The third-order valence-corrected chi connectivity index (χ3v) is 2.93. The lowest BCUT2D eigenvalue weighted by molar-refractivity contribution is -0.119. The van der Waals surface area contributed by atoms with E-state index < -0.39 is 0 Å². The molecule has 4 nitrogen and oxygen atoms in total. The number of benzene rings is 1. The first-order valence-electron chi connectivity index (χ1n) is 6.17. The number of hydrogen-bond acceptors (Lipinski definition) is 3. The van der Waals surface area contributed by atoms with Gasteiger partial charge in [-0.1, -0.05) is 12.1 Å². The summed E-state index contributed by atoms with van der Waals surface area (Å²) in [7, 11) is 4.01. The first kappa shape index (κ1) is 13.2. The Morgan fingerprint density at radius 2 is 1.84 bits per heavy atom. The second-order valence-corrected chi connectivity index (χ2v) is 4.65. The van der Waals surface area contributed by atoms with Crippen molar-refractivity contribution in [3.8, 4) is 0 Å². The number of hydrogen-bond donors (Lipinski definition) is 0. The average Bonchev–Trinajstić information content (AvgIpc) is 2.91. The number of carbonyl (C=O) groups is 1. The summed E-state index contributed by atoms with van der Waals surface area (Å²) in [6.07, 6.45) is 2.46. The van der Waals surface area contributed by atoms with Crippen molar-refractivity contribution < 1.29 is 9.21 Å². The first-order valence-corrected chi connectivity index (χ1v) is 6.17. The number of amides is 1. The van der Waals surface area contributed by atoms with E-state index in [1.54, 1.807) is 11.2 Å². The van der Waals surface area contributed by atoms with E-state index in [2.05, 4.69) is 0 Å². The van der Waals surface area contributed by atoms with Gasteiger partial charge in [-0.15, -0.1) is 0 Å². The minimum Gasteiger partial charge on any atom is -0.467 e. The van der Waals surface area contributed by atoms with Crippen LogP contribution in [0, 0.1) is 0 Å². The van der Waals surface area contributed by atoms with Crippen LogP contribution in [0.5, 0.6) is 0 Å². The second kappa shape index (κ2) is 6.09. The van der Waals surface area contributed by atoms with Gasteiger partial charge in [-0.25, -0.2) is 0 Å². The molecular formula is C15H18N2O2. The van der Waals surface area contributed by atoms with Gasteiger partial charge in [0.2, 0.25) is 6.41 Å². The monoisotopic (exact) mass is 258 g/mol. The van der Waals surface area contributed by atoms with Gasteiger partial charge in [-0.05, 0) is 29.8 Å². The zero-order valence-corrected chi connectivity index (χ0v) is 11.2. The van der Waals surface area contributed by atoms with E-state index in [0.29, 0.717) is 13.1 Å². The van der Waals surface area contributed by atoms with Crippen LogP contribution in [0.3, 0.4) is 0 Å². The summed E-state index contributed by atoms with van der Waals surface area (Å²) in [5.74, 6) is 0.789. The Kier molecular flexibility index (Phi) is 4.23. The van der Waals surface area contributed by atoms with Gasteiger partial charge in [-0.2, -0.15) is 0 Å². The molecule has 0 bridgehead atoms. The molecule has 0 saturated heterocycles. The van der Waals surface area contributed by atoms with Crippen molar-refractivity contribution in [2.24, 2.45) is 0 Å². The Hall–Kier alpha value is -2.23. The number of furan rings is 1. The SMILES string of the molecule is CN(C)c1ccc(CN(C=O)Cc2ccco2)cc1. The maximum Gasteiger partial charge on any atom is 0.210 e. The molecule has 2 rings (SSSR count). The van der Waals surface area contributed by atoms with Crippen LogP contribution >= 0.6 is 0 Å². The van der Waals surface area contributed by atoms with E-state index in [1.165, 1.54) is 0 Å². The zero-order valence-electron chi connectivity index (χ0n) is 11.2. The quantitative estimate of drug-likeness (QED) is 0.747. The fraction of sp³-hybridized carbons (Fsp3) is 0.267. The lowest BCUT2D eigenvalue weighted by Gasteiger charge is -2.17. The van der Waals surface area contributed by atoms with Crippen molar-refractivity contribution in [1.82, 2.24) is 4.90 Å². The summed E-state index contributed by atoms with van der Waals surface area (Å²) in [4.78, 5) is 14.8. The van der Waals surface area contributed by atoms with Gasteiger partial charge in [0.25, 0.3) is 0 Å². The minimum absolute atomic E-state index is 0.492.